The topological polar surface area (TPSA) is 99.1 Å². The summed E-state index contributed by atoms with van der Waals surface area (Å²) in [4.78, 5) is 25.3. The Kier molecular flexibility index (Phi) is 7.14. The highest BCUT2D eigenvalue weighted by Gasteiger charge is 2.41. The molecule has 1 aliphatic heterocycles. The zero-order valence-electron chi connectivity index (χ0n) is 15.5. The molecule has 28 heavy (non-hydrogen) atoms. The summed E-state index contributed by atoms with van der Waals surface area (Å²) < 4.78 is 31.3. The van der Waals surface area contributed by atoms with E-state index in [2.05, 4.69) is 11.9 Å². The maximum atomic E-state index is 13.2. The molecule has 0 spiro atoms. The second-order valence-electron chi connectivity index (χ2n) is 7.03. The van der Waals surface area contributed by atoms with Crippen LogP contribution in [-0.2, 0) is 16.0 Å². The zero-order chi connectivity index (χ0) is 20.9. The lowest BCUT2D eigenvalue weighted by atomic mass is 9.76. The summed E-state index contributed by atoms with van der Waals surface area (Å²) in [6.45, 7) is 4.81. The molecule has 2 atom stereocenters. The molecular formula is C18H23BF2N2O5. The molecule has 2 amide bonds. The van der Waals surface area contributed by atoms with Crippen LogP contribution < -0.4 is 5.32 Å². The molecule has 0 aromatic heterocycles. The molecule has 7 nitrogen and oxygen atoms in total. The predicted octanol–water partition coefficient (Wildman–Crippen LogP) is 1.34. The van der Waals surface area contributed by atoms with Crippen molar-refractivity contribution in [3.63, 3.8) is 0 Å². The van der Waals surface area contributed by atoms with Crippen LogP contribution >= 0.6 is 0 Å². The second-order valence-corrected chi connectivity index (χ2v) is 7.03. The number of alkyl carbamates (subject to hydrolysis) is 1. The number of halogens is 2. The normalized spacial score (nSPS) is 19.8. The first-order valence-electron chi connectivity index (χ1n) is 8.82. The van der Waals surface area contributed by atoms with Crippen molar-refractivity contribution >= 4 is 19.1 Å². The number of likely N-dealkylation sites (tertiary alicyclic amines) is 1. The number of nitrogens with zero attached hydrogens (tertiary/aromatic N) is 1. The Morgan fingerprint density at radius 2 is 2.04 bits per heavy atom. The van der Waals surface area contributed by atoms with Gasteiger partial charge in [0.05, 0.1) is 11.5 Å². The molecule has 1 heterocycles. The van der Waals surface area contributed by atoms with Crippen LogP contribution in [0.3, 0.4) is 0 Å². The molecule has 0 unspecified atom stereocenters. The number of ether oxygens (including phenoxy) is 1. The summed E-state index contributed by atoms with van der Waals surface area (Å²) in [6, 6.07) is 5.37. The van der Waals surface area contributed by atoms with Crippen molar-refractivity contribution in [2.45, 2.75) is 37.7 Å². The van der Waals surface area contributed by atoms with E-state index in [4.69, 9.17) is 4.74 Å². The minimum atomic E-state index is -1.87. The molecule has 1 fully saturated rings. The third-order valence-corrected chi connectivity index (χ3v) is 4.77. The lowest BCUT2D eigenvalue weighted by Crippen LogP contribution is -2.51. The first-order valence-corrected chi connectivity index (χ1v) is 8.82. The standard InChI is InChI=1S/C18H23BF2N2O5/c1-12(20)16(24)23-9-3-8-18(23,2)11-28-17(25)22-15(19(26)27)10-13-4-6-14(21)7-5-13/h4-7,15,26-27H,1,3,8-11H2,2H3,(H,22,25)/t15-,18+/m0/s1. The average molecular weight is 396 g/mol. The van der Waals surface area contributed by atoms with Crippen LogP contribution in [0, 0.1) is 5.82 Å². The van der Waals surface area contributed by atoms with Gasteiger partial charge in [-0.25, -0.2) is 13.6 Å². The third kappa shape index (κ3) is 5.52. The number of carbonyl (C=O) groups excluding carboxylic acids is 2. The Hall–Kier alpha value is -2.46. The number of hydrogen-bond acceptors (Lipinski definition) is 5. The van der Waals surface area contributed by atoms with Crippen molar-refractivity contribution in [3.8, 4) is 0 Å². The van der Waals surface area contributed by atoms with Crippen molar-refractivity contribution in [2.24, 2.45) is 0 Å². The van der Waals surface area contributed by atoms with Crippen molar-refractivity contribution in [2.75, 3.05) is 13.2 Å². The average Bonchev–Trinajstić information content (AvgIpc) is 3.02. The molecule has 0 saturated carbocycles. The van der Waals surface area contributed by atoms with Gasteiger partial charge < -0.3 is 25.0 Å². The minimum Gasteiger partial charge on any atom is -0.447 e. The molecule has 152 valence electrons. The number of carbonyl (C=O) groups is 2. The van der Waals surface area contributed by atoms with Gasteiger partial charge in [-0.15, -0.1) is 0 Å². The monoisotopic (exact) mass is 396 g/mol. The zero-order valence-corrected chi connectivity index (χ0v) is 15.5. The van der Waals surface area contributed by atoms with Gasteiger partial charge in [-0.3, -0.25) is 4.79 Å². The summed E-state index contributed by atoms with van der Waals surface area (Å²) in [5.41, 5.74) is -0.297. The van der Waals surface area contributed by atoms with Crippen LogP contribution in [0.15, 0.2) is 36.7 Å². The number of rotatable bonds is 7. The van der Waals surface area contributed by atoms with Gasteiger partial charge >= 0.3 is 13.2 Å². The van der Waals surface area contributed by atoms with E-state index in [0.717, 1.165) is 0 Å². The number of benzene rings is 1. The van der Waals surface area contributed by atoms with E-state index in [0.29, 0.717) is 24.9 Å². The van der Waals surface area contributed by atoms with Crippen molar-refractivity contribution in [3.05, 3.63) is 48.1 Å². The molecule has 2 rings (SSSR count). The summed E-state index contributed by atoms with van der Waals surface area (Å²) in [6.07, 6.45) is 0.264. The van der Waals surface area contributed by atoms with Crippen LogP contribution in [-0.4, -0.2) is 58.7 Å². The Bertz CT molecular complexity index is 731. The first-order chi connectivity index (χ1) is 13.1. The molecule has 1 saturated heterocycles. The lowest BCUT2D eigenvalue weighted by molar-refractivity contribution is -0.133. The van der Waals surface area contributed by atoms with Crippen LogP contribution in [0.5, 0.6) is 0 Å². The molecule has 0 aliphatic carbocycles. The maximum Gasteiger partial charge on any atom is 0.475 e. The van der Waals surface area contributed by atoms with Gasteiger partial charge in [0.1, 0.15) is 12.4 Å². The molecule has 0 bridgehead atoms. The summed E-state index contributed by atoms with van der Waals surface area (Å²) in [5, 5.41) is 21.3. The van der Waals surface area contributed by atoms with E-state index < -0.39 is 42.2 Å². The molecule has 1 aromatic carbocycles. The van der Waals surface area contributed by atoms with Crippen molar-refractivity contribution in [1.82, 2.24) is 10.2 Å². The Morgan fingerprint density at radius 1 is 1.39 bits per heavy atom. The van der Waals surface area contributed by atoms with Crippen LogP contribution in [0.25, 0.3) is 0 Å². The largest absolute Gasteiger partial charge is 0.475 e. The highest BCUT2D eigenvalue weighted by molar-refractivity contribution is 6.43. The van der Waals surface area contributed by atoms with E-state index in [1.807, 2.05) is 0 Å². The smallest absolute Gasteiger partial charge is 0.447 e. The summed E-state index contributed by atoms with van der Waals surface area (Å²) in [5.74, 6) is -3.45. The van der Waals surface area contributed by atoms with Crippen LogP contribution in [0.2, 0.25) is 0 Å². The highest BCUT2D eigenvalue weighted by Crippen LogP contribution is 2.30. The summed E-state index contributed by atoms with van der Waals surface area (Å²) in [7, 11) is -1.87. The van der Waals surface area contributed by atoms with Gasteiger partial charge in [-0.1, -0.05) is 18.7 Å². The van der Waals surface area contributed by atoms with Gasteiger partial charge in [-0.2, -0.15) is 0 Å². The Morgan fingerprint density at radius 3 is 2.61 bits per heavy atom. The van der Waals surface area contributed by atoms with Gasteiger partial charge in [0, 0.05) is 6.54 Å². The molecule has 3 N–H and O–H groups in total. The predicted molar refractivity (Wildman–Crippen MR) is 98.2 cm³/mol. The SMILES string of the molecule is C=C(F)C(=O)N1CCC[C@]1(C)COC(=O)N[C@@H](Cc1ccc(F)cc1)B(O)O. The molecule has 10 heteroatoms. The highest BCUT2D eigenvalue weighted by atomic mass is 19.1. The fourth-order valence-electron chi connectivity index (χ4n) is 3.19. The Balaban J connectivity index is 1.94. The number of nitrogens with one attached hydrogen (secondary N) is 1. The number of amides is 2. The third-order valence-electron chi connectivity index (χ3n) is 4.77. The van der Waals surface area contributed by atoms with E-state index >= 15 is 0 Å². The number of hydrogen-bond donors (Lipinski definition) is 3. The summed E-state index contributed by atoms with van der Waals surface area (Å²) >= 11 is 0. The van der Waals surface area contributed by atoms with Crippen molar-refractivity contribution < 1.29 is 33.2 Å². The van der Waals surface area contributed by atoms with E-state index in [1.54, 1.807) is 6.92 Å². The van der Waals surface area contributed by atoms with E-state index in [1.165, 1.54) is 29.2 Å². The van der Waals surface area contributed by atoms with Crippen LogP contribution in [0.4, 0.5) is 13.6 Å². The fourth-order valence-corrected chi connectivity index (χ4v) is 3.19. The van der Waals surface area contributed by atoms with E-state index in [9.17, 15) is 28.4 Å². The fraction of sp³-hybridized carbons (Fsp3) is 0.444. The lowest BCUT2D eigenvalue weighted by Gasteiger charge is -2.34. The molecule has 0 radical (unpaired) electrons. The maximum absolute atomic E-state index is 13.2. The minimum absolute atomic E-state index is 0.0383. The molecule has 1 aromatic rings. The molecule has 1 aliphatic rings. The van der Waals surface area contributed by atoms with Crippen LogP contribution in [0.1, 0.15) is 25.3 Å². The van der Waals surface area contributed by atoms with Crippen molar-refractivity contribution in [1.29, 1.82) is 0 Å². The van der Waals surface area contributed by atoms with Gasteiger partial charge in [0.25, 0.3) is 5.91 Å². The van der Waals surface area contributed by atoms with Gasteiger partial charge in [0.15, 0.2) is 5.83 Å². The molecular weight excluding hydrogens is 373 g/mol. The second kappa shape index (κ2) is 9.16. The Labute approximate surface area is 162 Å². The first kappa shape index (κ1) is 21.8. The van der Waals surface area contributed by atoms with Gasteiger partial charge in [-0.05, 0) is 43.9 Å². The van der Waals surface area contributed by atoms with E-state index in [-0.39, 0.29) is 13.0 Å². The quantitative estimate of drug-likeness (QED) is 0.477. The van der Waals surface area contributed by atoms with Gasteiger partial charge in [0.2, 0.25) is 0 Å².